The molecular formula is C21H22ClFN6O6S2. The number of alkyl halides is 2. The summed E-state index contributed by atoms with van der Waals surface area (Å²) in [5, 5.41) is 7.31. The summed E-state index contributed by atoms with van der Waals surface area (Å²) in [6.45, 7) is -1.30. The van der Waals surface area contributed by atoms with Crippen LogP contribution in [0.15, 0.2) is 51.9 Å². The van der Waals surface area contributed by atoms with E-state index in [2.05, 4.69) is 20.1 Å². The summed E-state index contributed by atoms with van der Waals surface area (Å²) in [6.07, 6.45) is 2.35. The molecule has 0 bridgehead atoms. The number of hydrazine groups is 1. The first-order chi connectivity index (χ1) is 17.8. The van der Waals surface area contributed by atoms with E-state index >= 15 is 0 Å². The van der Waals surface area contributed by atoms with E-state index in [1.165, 1.54) is 23.2 Å². The van der Waals surface area contributed by atoms with Gasteiger partial charge in [0, 0.05) is 5.57 Å². The van der Waals surface area contributed by atoms with Gasteiger partial charge in [-0.3, -0.25) is 19.5 Å². The molecule has 3 aliphatic heterocycles. The number of halogens is 2. The van der Waals surface area contributed by atoms with Gasteiger partial charge in [-0.2, -0.15) is 4.83 Å². The normalized spacial score (nSPS) is 22.9. The van der Waals surface area contributed by atoms with Crippen molar-refractivity contribution in [3.05, 3.63) is 52.3 Å². The quantitative estimate of drug-likeness (QED) is 0.0934. The van der Waals surface area contributed by atoms with Gasteiger partial charge in [0.2, 0.25) is 10.9 Å². The first-order valence-electron chi connectivity index (χ1n) is 10.6. The van der Waals surface area contributed by atoms with E-state index < -0.39 is 29.1 Å². The van der Waals surface area contributed by atoms with Crippen molar-refractivity contribution in [3.63, 3.8) is 0 Å². The van der Waals surface area contributed by atoms with E-state index in [1.54, 1.807) is 24.3 Å². The monoisotopic (exact) mass is 572 g/mol. The standard InChI is InChI=1S/C21H22ClFN6O6S2/c1-33-13-4-2-12(3-5-13)10-34-20(32)19-14(7-22)21(28-9-15(24)37-27-28,26-16(30)8-25-35-11-23)36-18-6-17(31)29(18)19/h2-5,8-9,18,27H,6-7,10-11,24H2,1H3,(H,26,30)/b25-8-/t18-,21?/m1/s1. The lowest BCUT2D eigenvalue weighted by molar-refractivity contribution is -0.150. The molecule has 1 aromatic rings. The van der Waals surface area contributed by atoms with Crippen molar-refractivity contribution in [3.8, 4) is 5.75 Å². The Morgan fingerprint density at radius 1 is 1.41 bits per heavy atom. The lowest BCUT2D eigenvalue weighted by atomic mass is 10.0. The van der Waals surface area contributed by atoms with Crippen LogP contribution in [0, 0.1) is 0 Å². The summed E-state index contributed by atoms with van der Waals surface area (Å²) in [5.41, 5.74) is 6.69. The summed E-state index contributed by atoms with van der Waals surface area (Å²) >= 11 is 8.58. The van der Waals surface area contributed by atoms with Gasteiger partial charge in [0.15, 0.2) is 0 Å². The lowest BCUT2D eigenvalue weighted by Crippen LogP contribution is -2.68. The number of amides is 2. The fourth-order valence-electron chi connectivity index (χ4n) is 3.76. The molecule has 4 N–H and O–H groups in total. The Kier molecular flexibility index (Phi) is 8.36. The molecule has 198 valence electrons. The van der Waals surface area contributed by atoms with Crippen LogP contribution in [0.5, 0.6) is 5.75 Å². The van der Waals surface area contributed by atoms with Crippen LogP contribution in [0.1, 0.15) is 12.0 Å². The second-order valence-corrected chi connectivity index (χ2v) is 10.1. The van der Waals surface area contributed by atoms with Crippen molar-refractivity contribution < 1.29 is 33.1 Å². The minimum atomic E-state index is -1.52. The lowest BCUT2D eigenvalue weighted by Gasteiger charge is -2.53. The van der Waals surface area contributed by atoms with E-state index in [4.69, 9.17) is 26.8 Å². The number of esters is 1. The van der Waals surface area contributed by atoms with Crippen LogP contribution in [0.3, 0.4) is 0 Å². The summed E-state index contributed by atoms with van der Waals surface area (Å²) < 4.78 is 22.9. The van der Waals surface area contributed by atoms with E-state index in [1.807, 2.05) is 0 Å². The molecule has 4 rings (SSSR count). The van der Waals surface area contributed by atoms with Gasteiger partial charge in [-0.05, 0) is 29.6 Å². The van der Waals surface area contributed by atoms with Gasteiger partial charge in [-0.25, -0.2) is 9.18 Å². The van der Waals surface area contributed by atoms with Gasteiger partial charge in [-0.15, -0.1) is 11.6 Å². The molecule has 0 aromatic heterocycles. The Hall–Kier alpha value is -3.14. The minimum Gasteiger partial charge on any atom is -0.497 e. The third-order valence-electron chi connectivity index (χ3n) is 5.45. The highest BCUT2D eigenvalue weighted by atomic mass is 35.5. The molecule has 1 aromatic carbocycles. The number of benzene rings is 1. The van der Waals surface area contributed by atoms with Gasteiger partial charge in [-0.1, -0.05) is 29.1 Å². The molecule has 1 unspecified atom stereocenters. The summed E-state index contributed by atoms with van der Waals surface area (Å²) in [7, 11) is 1.54. The van der Waals surface area contributed by atoms with Crippen LogP contribution in [-0.4, -0.2) is 64.1 Å². The first kappa shape index (κ1) is 26.9. The maximum absolute atomic E-state index is 13.4. The van der Waals surface area contributed by atoms with Crippen molar-refractivity contribution in [2.45, 2.75) is 23.4 Å². The number of hydrogen-bond donors (Lipinski definition) is 3. The third-order valence-corrected chi connectivity index (χ3v) is 7.88. The molecule has 0 radical (unpaired) electrons. The number of nitrogens with zero attached hydrogens (tertiary/aromatic N) is 3. The van der Waals surface area contributed by atoms with E-state index in [0.717, 1.165) is 29.9 Å². The number of oxime groups is 1. The van der Waals surface area contributed by atoms with E-state index in [-0.39, 0.29) is 36.1 Å². The number of carbonyl (C=O) groups is 3. The zero-order chi connectivity index (χ0) is 26.6. The fourth-order valence-corrected chi connectivity index (χ4v) is 6.39. The van der Waals surface area contributed by atoms with Crippen LogP contribution in [-0.2, 0) is 30.6 Å². The molecule has 1 fully saturated rings. The Morgan fingerprint density at radius 2 is 2.16 bits per heavy atom. The molecule has 2 amide bonds. The number of carbonyl (C=O) groups excluding carboxylic acids is 3. The number of rotatable bonds is 10. The van der Waals surface area contributed by atoms with Gasteiger partial charge in [0.05, 0.1) is 31.0 Å². The van der Waals surface area contributed by atoms with Gasteiger partial charge in [0.1, 0.15) is 29.3 Å². The highest BCUT2D eigenvalue weighted by Crippen LogP contribution is 2.51. The third kappa shape index (κ3) is 5.44. The van der Waals surface area contributed by atoms with Crippen molar-refractivity contribution in [1.29, 1.82) is 0 Å². The first-order valence-corrected chi connectivity index (χ1v) is 12.9. The molecule has 2 atom stereocenters. The molecule has 0 aliphatic carbocycles. The van der Waals surface area contributed by atoms with Crippen molar-refractivity contribution >= 4 is 59.3 Å². The summed E-state index contributed by atoms with van der Waals surface area (Å²) in [4.78, 5) is 45.7. The molecule has 3 aliphatic rings. The zero-order valence-electron chi connectivity index (χ0n) is 19.3. The average Bonchev–Trinajstić information content (AvgIpc) is 3.33. The van der Waals surface area contributed by atoms with Crippen LogP contribution in [0.25, 0.3) is 0 Å². The largest absolute Gasteiger partial charge is 0.497 e. The van der Waals surface area contributed by atoms with Gasteiger partial charge in [0.25, 0.3) is 12.8 Å². The second-order valence-electron chi connectivity index (χ2n) is 7.63. The smallest absolute Gasteiger partial charge is 0.355 e. The topological polar surface area (TPSA) is 148 Å². The molecule has 3 heterocycles. The number of thioether (sulfide) groups is 1. The van der Waals surface area contributed by atoms with Crippen LogP contribution in [0.4, 0.5) is 4.39 Å². The van der Waals surface area contributed by atoms with Crippen LogP contribution >= 0.6 is 35.3 Å². The summed E-state index contributed by atoms with van der Waals surface area (Å²) in [6, 6.07) is 6.92. The van der Waals surface area contributed by atoms with Crippen molar-refractivity contribution in [2.75, 3.05) is 19.9 Å². The van der Waals surface area contributed by atoms with E-state index in [9.17, 15) is 18.8 Å². The number of methoxy groups -OCH3 is 1. The number of fused-ring (bicyclic) bond motifs is 1. The van der Waals surface area contributed by atoms with Crippen LogP contribution < -0.4 is 20.6 Å². The predicted octanol–water partition coefficient (Wildman–Crippen LogP) is 1.46. The number of nitrogens with two attached hydrogens (primary N) is 1. The second kappa shape index (κ2) is 11.5. The maximum Gasteiger partial charge on any atom is 0.355 e. The van der Waals surface area contributed by atoms with Crippen molar-refractivity contribution in [2.24, 2.45) is 10.9 Å². The SMILES string of the molecule is COc1ccc(COC(=O)C2=C(CCl)C(NC(=O)/C=N\OCF)(N3C=C(N)SN3)S[C@@H]3CC(=O)N23)cc1. The summed E-state index contributed by atoms with van der Waals surface area (Å²) in [5.74, 6) is -1.51. The Morgan fingerprint density at radius 3 is 2.76 bits per heavy atom. The van der Waals surface area contributed by atoms with Crippen molar-refractivity contribution in [1.82, 2.24) is 20.1 Å². The Labute approximate surface area is 224 Å². The fraction of sp³-hybridized carbons (Fsp3) is 0.333. The molecule has 16 heteroatoms. The zero-order valence-corrected chi connectivity index (χ0v) is 21.7. The van der Waals surface area contributed by atoms with Gasteiger partial charge < -0.3 is 25.4 Å². The molecule has 12 nitrogen and oxygen atoms in total. The molecule has 37 heavy (non-hydrogen) atoms. The predicted molar refractivity (Wildman–Crippen MR) is 135 cm³/mol. The maximum atomic E-state index is 13.4. The Bertz CT molecular complexity index is 1170. The van der Waals surface area contributed by atoms with E-state index in [0.29, 0.717) is 16.3 Å². The molecule has 1 saturated heterocycles. The van der Waals surface area contributed by atoms with Crippen LogP contribution in [0.2, 0.25) is 0 Å². The molecular weight excluding hydrogens is 551 g/mol. The number of ether oxygens (including phenoxy) is 2. The number of hydrogen-bond acceptors (Lipinski definition) is 12. The number of β-lactam (4-membered cyclic amide) rings is 1. The highest BCUT2D eigenvalue weighted by Gasteiger charge is 2.58. The molecule has 0 saturated carbocycles. The highest BCUT2D eigenvalue weighted by molar-refractivity contribution is 8.02. The average molecular weight is 573 g/mol. The Balaban J connectivity index is 1.71. The molecule has 0 spiro atoms. The van der Waals surface area contributed by atoms with Gasteiger partial charge >= 0.3 is 5.97 Å². The number of nitrogens with one attached hydrogen (secondary N) is 2. The minimum absolute atomic E-state index is 0.0843.